The van der Waals surface area contributed by atoms with Gasteiger partial charge in [-0.1, -0.05) is 23.7 Å². The number of hydrogen-bond donors (Lipinski definition) is 2. The lowest BCUT2D eigenvalue weighted by atomic mass is 9.96. The van der Waals surface area contributed by atoms with Gasteiger partial charge >= 0.3 is 0 Å². The Morgan fingerprint density at radius 3 is 2.73 bits per heavy atom. The lowest BCUT2D eigenvalue weighted by Gasteiger charge is -2.15. The van der Waals surface area contributed by atoms with Crippen molar-refractivity contribution in [3.63, 3.8) is 0 Å². The number of β-amino-alcohol motifs (C(OH)–C–C–N with tert-alkyl or cyclic N) is 1. The summed E-state index contributed by atoms with van der Waals surface area (Å²) in [5.74, 6) is -0.329. The molecule has 1 fully saturated rings. The van der Waals surface area contributed by atoms with Gasteiger partial charge in [-0.3, -0.25) is 9.89 Å². The van der Waals surface area contributed by atoms with Gasteiger partial charge in [-0.05, 0) is 29.8 Å². The molecule has 0 radical (unpaired) electrons. The highest BCUT2D eigenvalue weighted by atomic mass is 35.5. The number of likely N-dealkylation sites (tertiary alicyclic amines) is 1. The largest absolute Gasteiger partial charge is 0.391 e. The van der Waals surface area contributed by atoms with Crippen molar-refractivity contribution in [3.8, 4) is 11.3 Å². The number of hydrogen-bond acceptors (Lipinski definition) is 5. The van der Waals surface area contributed by atoms with Gasteiger partial charge in [-0.15, -0.1) is 0 Å². The van der Waals surface area contributed by atoms with Gasteiger partial charge in [-0.2, -0.15) is 15.3 Å². The fourth-order valence-corrected chi connectivity index (χ4v) is 3.31. The molecule has 2 N–H and O–H groups in total. The van der Waals surface area contributed by atoms with E-state index in [0.29, 0.717) is 23.0 Å². The highest BCUT2D eigenvalue weighted by molar-refractivity contribution is 6.30. The number of halogens is 1. The molecule has 3 aromatic rings. The van der Waals surface area contributed by atoms with Crippen LogP contribution in [-0.2, 0) is 0 Å². The van der Waals surface area contributed by atoms with Crippen LogP contribution in [0.5, 0.6) is 0 Å². The second-order valence-electron chi connectivity index (χ2n) is 6.23. The first-order chi connectivity index (χ1) is 12.6. The van der Waals surface area contributed by atoms with E-state index in [2.05, 4.69) is 20.4 Å². The number of amides is 1. The summed E-state index contributed by atoms with van der Waals surface area (Å²) in [6.45, 7) is 0.712. The number of carbonyl (C=O) groups is 1. The maximum atomic E-state index is 12.8. The van der Waals surface area contributed by atoms with Gasteiger partial charge in [0.05, 0.1) is 24.2 Å². The van der Waals surface area contributed by atoms with Crippen LogP contribution in [0.25, 0.3) is 11.3 Å². The van der Waals surface area contributed by atoms with Gasteiger partial charge in [0.2, 0.25) is 0 Å². The lowest BCUT2D eigenvalue weighted by Crippen LogP contribution is -2.29. The third-order valence-corrected chi connectivity index (χ3v) is 4.81. The molecule has 1 aliphatic rings. The number of aromatic amines is 1. The third-order valence-electron chi connectivity index (χ3n) is 4.56. The first-order valence-electron chi connectivity index (χ1n) is 8.17. The Labute approximate surface area is 154 Å². The highest BCUT2D eigenvalue weighted by Gasteiger charge is 2.35. The maximum Gasteiger partial charge on any atom is 0.271 e. The Hall–Kier alpha value is -2.77. The Morgan fingerprint density at radius 1 is 1.19 bits per heavy atom. The molecule has 4 rings (SSSR count). The van der Waals surface area contributed by atoms with E-state index < -0.39 is 6.10 Å². The molecule has 1 saturated heterocycles. The topological polar surface area (TPSA) is 95.0 Å². The predicted molar refractivity (Wildman–Crippen MR) is 95.7 cm³/mol. The molecule has 1 amide bonds. The number of H-pyrrole nitrogens is 1. The second-order valence-corrected chi connectivity index (χ2v) is 6.67. The molecule has 1 aliphatic heterocycles. The number of aliphatic hydroxyl groups is 1. The minimum atomic E-state index is -0.619. The van der Waals surface area contributed by atoms with E-state index >= 15 is 0 Å². The Bertz CT molecular complexity index is 913. The van der Waals surface area contributed by atoms with Crippen LogP contribution < -0.4 is 0 Å². The molecular weight excluding hydrogens is 354 g/mol. The fourth-order valence-electron chi connectivity index (χ4n) is 3.18. The van der Waals surface area contributed by atoms with Crippen LogP contribution >= 0.6 is 11.6 Å². The Balaban J connectivity index is 1.51. The molecule has 0 bridgehead atoms. The summed E-state index contributed by atoms with van der Waals surface area (Å²) in [5.41, 5.74) is 2.74. The van der Waals surface area contributed by atoms with Gasteiger partial charge in [-0.25, -0.2) is 0 Å². The van der Waals surface area contributed by atoms with Gasteiger partial charge in [0.15, 0.2) is 0 Å². The third kappa shape index (κ3) is 3.18. The van der Waals surface area contributed by atoms with Crippen molar-refractivity contribution >= 4 is 17.5 Å². The van der Waals surface area contributed by atoms with E-state index in [1.807, 2.05) is 12.1 Å². The van der Waals surface area contributed by atoms with Crippen LogP contribution in [-0.4, -0.2) is 55.5 Å². The Kier molecular flexibility index (Phi) is 4.40. The lowest BCUT2D eigenvalue weighted by molar-refractivity contribution is 0.0759. The molecule has 0 unspecified atom stereocenters. The molecule has 26 heavy (non-hydrogen) atoms. The van der Waals surface area contributed by atoms with E-state index in [-0.39, 0.29) is 18.4 Å². The van der Waals surface area contributed by atoms with Crippen molar-refractivity contribution in [2.75, 3.05) is 13.1 Å². The summed E-state index contributed by atoms with van der Waals surface area (Å²) in [7, 11) is 0. The number of nitrogens with one attached hydrogen (secondary N) is 1. The van der Waals surface area contributed by atoms with E-state index in [1.54, 1.807) is 41.6 Å². The number of rotatable bonds is 3. The summed E-state index contributed by atoms with van der Waals surface area (Å²) < 4.78 is 0. The smallest absolute Gasteiger partial charge is 0.271 e. The van der Waals surface area contributed by atoms with Crippen molar-refractivity contribution in [2.45, 2.75) is 12.0 Å². The summed E-state index contributed by atoms with van der Waals surface area (Å²) in [5, 5.41) is 25.5. The molecule has 132 valence electrons. The number of nitrogens with zero attached hydrogens (tertiary/aromatic N) is 4. The quantitative estimate of drug-likeness (QED) is 0.737. The number of aromatic nitrogens is 4. The van der Waals surface area contributed by atoms with Crippen LogP contribution in [0.2, 0.25) is 5.02 Å². The standard InChI is InChI=1S/C18H16ClN5O2/c19-13-3-1-11(2-4-13)14-9-24(10-17(14)25)18(26)16-7-15(22-23-16)12-5-6-20-21-8-12/h1-8,14,17,25H,9-10H2,(H,22,23)/t14-,17+/m0/s1. The normalized spacial score (nSPS) is 19.7. The van der Waals surface area contributed by atoms with Gasteiger partial charge in [0.1, 0.15) is 5.69 Å². The zero-order valence-electron chi connectivity index (χ0n) is 13.7. The first-order valence-corrected chi connectivity index (χ1v) is 8.55. The van der Waals surface area contributed by atoms with Crippen LogP contribution in [0.1, 0.15) is 22.0 Å². The first kappa shape index (κ1) is 16.7. The minimum Gasteiger partial charge on any atom is -0.391 e. The highest BCUT2D eigenvalue weighted by Crippen LogP contribution is 2.29. The van der Waals surface area contributed by atoms with Gasteiger partial charge < -0.3 is 10.0 Å². The van der Waals surface area contributed by atoms with Crippen molar-refractivity contribution in [2.24, 2.45) is 0 Å². The van der Waals surface area contributed by atoms with E-state index in [9.17, 15) is 9.90 Å². The van der Waals surface area contributed by atoms with Crippen LogP contribution in [0.4, 0.5) is 0 Å². The number of carbonyl (C=O) groups excluding carboxylic acids is 1. The number of benzene rings is 1. The molecule has 0 saturated carbocycles. The molecule has 0 aliphatic carbocycles. The van der Waals surface area contributed by atoms with E-state index in [0.717, 1.165) is 11.1 Å². The predicted octanol–water partition coefficient (Wildman–Crippen LogP) is 2.12. The zero-order valence-corrected chi connectivity index (χ0v) is 14.5. The summed E-state index contributed by atoms with van der Waals surface area (Å²) >= 11 is 5.92. The van der Waals surface area contributed by atoms with Gasteiger partial charge in [0, 0.05) is 29.6 Å². The fraction of sp³-hybridized carbons (Fsp3) is 0.222. The van der Waals surface area contributed by atoms with Crippen LogP contribution in [0.3, 0.4) is 0 Å². The van der Waals surface area contributed by atoms with E-state index in [1.165, 1.54) is 0 Å². The van der Waals surface area contributed by atoms with Crippen molar-refractivity contribution in [3.05, 3.63) is 65.1 Å². The average molecular weight is 370 g/mol. The molecule has 2 atom stereocenters. The monoisotopic (exact) mass is 369 g/mol. The molecule has 3 heterocycles. The molecule has 1 aromatic carbocycles. The summed E-state index contributed by atoms with van der Waals surface area (Å²) in [4.78, 5) is 14.4. The SMILES string of the molecule is O=C(c1cc(-c2ccnnc2)n[nH]1)N1C[C@@H](O)[C@H](c2ccc(Cl)cc2)C1. The van der Waals surface area contributed by atoms with Crippen molar-refractivity contribution in [1.82, 2.24) is 25.3 Å². The molecular formula is C18H16ClN5O2. The van der Waals surface area contributed by atoms with Crippen molar-refractivity contribution in [1.29, 1.82) is 0 Å². The minimum absolute atomic E-state index is 0.136. The van der Waals surface area contributed by atoms with Crippen molar-refractivity contribution < 1.29 is 9.90 Å². The second kappa shape index (κ2) is 6.86. The van der Waals surface area contributed by atoms with Crippen LogP contribution in [0, 0.1) is 0 Å². The molecule has 8 heteroatoms. The zero-order chi connectivity index (χ0) is 18.1. The number of aliphatic hydroxyl groups excluding tert-OH is 1. The summed E-state index contributed by atoms with van der Waals surface area (Å²) in [6.07, 6.45) is 2.53. The van der Waals surface area contributed by atoms with E-state index in [4.69, 9.17) is 11.6 Å². The molecule has 0 spiro atoms. The molecule has 2 aromatic heterocycles. The Morgan fingerprint density at radius 2 is 2.00 bits per heavy atom. The van der Waals surface area contributed by atoms with Gasteiger partial charge in [0.25, 0.3) is 5.91 Å². The van der Waals surface area contributed by atoms with Crippen LogP contribution in [0.15, 0.2) is 48.8 Å². The molecule has 7 nitrogen and oxygen atoms in total. The maximum absolute atomic E-state index is 12.8. The average Bonchev–Trinajstić information content (AvgIpc) is 3.30. The summed E-state index contributed by atoms with van der Waals surface area (Å²) in [6, 6.07) is 10.8.